The van der Waals surface area contributed by atoms with Crippen LogP contribution >= 0.6 is 0 Å². The molecule has 106 valence electrons. The van der Waals surface area contributed by atoms with E-state index in [2.05, 4.69) is 20.6 Å². The lowest BCUT2D eigenvalue weighted by atomic mass is 9.88. The van der Waals surface area contributed by atoms with Crippen molar-refractivity contribution in [2.45, 2.75) is 32.6 Å². The maximum absolute atomic E-state index is 12.5. The minimum atomic E-state index is 0.144. The number of hydrogen-bond donors (Lipinski definition) is 2. The average Bonchev–Trinajstić information content (AvgIpc) is 3.15. The van der Waals surface area contributed by atoms with Crippen LogP contribution in [0, 0.1) is 24.7 Å². The molecule has 0 unspecified atom stereocenters. The number of hydrogen-bond acceptors (Lipinski definition) is 3. The summed E-state index contributed by atoms with van der Waals surface area (Å²) >= 11 is 0. The smallest absolute Gasteiger partial charge is 0.228 e. The minimum absolute atomic E-state index is 0.144. The summed E-state index contributed by atoms with van der Waals surface area (Å²) in [6.45, 7) is 1.94. The predicted octanol–water partition coefficient (Wildman–Crippen LogP) is 1.98. The third-order valence-corrected chi connectivity index (χ3v) is 5.04. The molecule has 3 atom stereocenters. The summed E-state index contributed by atoms with van der Waals surface area (Å²) in [4.78, 5) is 12.5. The third-order valence-electron chi connectivity index (χ3n) is 5.04. The Balaban J connectivity index is 1.60. The fraction of sp³-hybridized carbons (Fsp3) is 0.643. The van der Waals surface area contributed by atoms with Crippen molar-refractivity contribution in [2.24, 2.45) is 24.8 Å². The molecule has 6 nitrogen and oxygen atoms in total. The Labute approximate surface area is 116 Å². The van der Waals surface area contributed by atoms with Crippen LogP contribution in [0.2, 0.25) is 0 Å². The van der Waals surface area contributed by atoms with Crippen LogP contribution in [0.4, 0.5) is 5.82 Å². The standard InChI is InChI=1S/C14H19N5O/c1-7-11-12(16-17-13(11)19(2)18-7)15-14(20)10-6-8-3-4-9(10)5-8/h8-10H,3-6H2,1-2H3,(H2,15,16,17,20)/t8-,9-,10-/m0/s1. The van der Waals surface area contributed by atoms with Crippen LogP contribution in [0.3, 0.4) is 0 Å². The molecule has 2 aliphatic carbocycles. The number of nitrogens with one attached hydrogen (secondary N) is 2. The molecule has 2 aromatic rings. The van der Waals surface area contributed by atoms with Gasteiger partial charge in [0.2, 0.25) is 5.91 Å². The molecule has 2 saturated carbocycles. The van der Waals surface area contributed by atoms with E-state index in [0.29, 0.717) is 11.7 Å². The van der Waals surface area contributed by atoms with Gasteiger partial charge in [-0.3, -0.25) is 9.89 Å². The van der Waals surface area contributed by atoms with E-state index >= 15 is 0 Å². The quantitative estimate of drug-likeness (QED) is 0.878. The fourth-order valence-corrected chi connectivity index (χ4v) is 4.10. The van der Waals surface area contributed by atoms with Crippen LogP contribution in [0.25, 0.3) is 11.0 Å². The molecule has 6 heteroatoms. The lowest BCUT2D eigenvalue weighted by Crippen LogP contribution is -2.27. The number of aryl methyl sites for hydroxylation is 2. The monoisotopic (exact) mass is 273 g/mol. The van der Waals surface area contributed by atoms with Crippen molar-refractivity contribution in [2.75, 3.05) is 5.32 Å². The number of nitrogens with zero attached hydrogens (tertiary/aromatic N) is 3. The average molecular weight is 273 g/mol. The number of anilines is 1. The zero-order valence-corrected chi connectivity index (χ0v) is 11.8. The van der Waals surface area contributed by atoms with Crippen molar-refractivity contribution in [1.29, 1.82) is 0 Å². The Kier molecular flexibility index (Phi) is 2.43. The van der Waals surface area contributed by atoms with E-state index in [0.717, 1.165) is 29.1 Å². The normalized spacial score (nSPS) is 28.4. The molecule has 0 aliphatic heterocycles. The largest absolute Gasteiger partial charge is 0.310 e. The molecule has 0 spiro atoms. The van der Waals surface area contributed by atoms with Gasteiger partial charge in [-0.05, 0) is 38.0 Å². The van der Waals surface area contributed by atoms with Gasteiger partial charge in [0, 0.05) is 13.0 Å². The van der Waals surface area contributed by atoms with Crippen LogP contribution in [0.5, 0.6) is 0 Å². The first-order valence-corrected chi connectivity index (χ1v) is 7.32. The molecule has 1 amide bonds. The van der Waals surface area contributed by atoms with E-state index in [1.807, 2.05) is 14.0 Å². The van der Waals surface area contributed by atoms with Gasteiger partial charge in [0.1, 0.15) is 5.82 Å². The molecule has 0 saturated heterocycles. The molecule has 2 aromatic heterocycles. The molecule has 4 rings (SSSR count). The fourth-order valence-electron chi connectivity index (χ4n) is 4.10. The maximum Gasteiger partial charge on any atom is 0.228 e. The van der Waals surface area contributed by atoms with Gasteiger partial charge in [0.15, 0.2) is 5.65 Å². The highest BCUT2D eigenvalue weighted by atomic mass is 16.2. The van der Waals surface area contributed by atoms with Crippen molar-refractivity contribution in [3.63, 3.8) is 0 Å². The van der Waals surface area contributed by atoms with Crippen LogP contribution < -0.4 is 5.32 Å². The molecule has 2 aliphatic rings. The van der Waals surface area contributed by atoms with Crippen LogP contribution in [0.15, 0.2) is 0 Å². The zero-order chi connectivity index (χ0) is 13.9. The lowest BCUT2D eigenvalue weighted by Gasteiger charge is -2.20. The SMILES string of the molecule is Cc1nn(C)c2n[nH]c(NC(=O)[C@H]3C[C@H]4CC[C@H]3C4)c12. The highest BCUT2D eigenvalue weighted by molar-refractivity contribution is 6.00. The summed E-state index contributed by atoms with van der Waals surface area (Å²) in [6, 6.07) is 0. The Morgan fingerprint density at radius 3 is 2.95 bits per heavy atom. The molecule has 20 heavy (non-hydrogen) atoms. The number of aromatic nitrogens is 4. The Morgan fingerprint density at radius 1 is 1.40 bits per heavy atom. The van der Waals surface area contributed by atoms with Gasteiger partial charge >= 0.3 is 0 Å². The minimum Gasteiger partial charge on any atom is -0.310 e. The second-order valence-electron chi connectivity index (χ2n) is 6.28. The molecule has 2 N–H and O–H groups in total. The number of fused-ring (bicyclic) bond motifs is 3. The number of carbonyl (C=O) groups excluding carboxylic acids is 1. The Hall–Kier alpha value is -1.85. The first-order chi connectivity index (χ1) is 9.63. The van der Waals surface area contributed by atoms with E-state index in [1.165, 1.54) is 19.3 Å². The molecule has 0 radical (unpaired) electrons. The van der Waals surface area contributed by atoms with Gasteiger partial charge in [0.05, 0.1) is 11.1 Å². The second-order valence-corrected chi connectivity index (χ2v) is 6.28. The van der Waals surface area contributed by atoms with Crippen LogP contribution in [0.1, 0.15) is 31.4 Å². The van der Waals surface area contributed by atoms with Gasteiger partial charge < -0.3 is 5.32 Å². The van der Waals surface area contributed by atoms with Gasteiger partial charge in [-0.15, -0.1) is 0 Å². The second kappa shape index (κ2) is 4.07. The number of carbonyl (C=O) groups is 1. The van der Waals surface area contributed by atoms with Crippen molar-refractivity contribution in [3.8, 4) is 0 Å². The highest BCUT2D eigenvalue weighted by Gasteiger charge is 2.43. The summed E-state index contributed by atoms with van der Waals surface area (Å²) in [5.41, 5.74) is 1.67. The summed E-state index contributed by atoms with van der Waals surface area (Å²) in [5.74, 6) is 2.39. The van der Waals surface area contributed by atoms with Crippen LogP contribution in [-0.2, 0) is 11.8 Å². The van der Waals surface area contributed by atoms with E-state index in [-0.39, 0.29) is 11.8 Å². The summed E-state index contributed by atoms with van der Waals surface area (Å²) in [7, 11) is 1.86. The van der Waals surface area contributed by atoms with Gasteiger partial charge in [-0.1, -0.05) is 6.42 Å². The highest BCUT2D eigenvalue weighted by Crippen LogP contribution is 2.48. The topological polar surface area (TPSA) is 75.6 Å². The third kappa shape index (κ3) is 1.60. The van der Waals surface area contributed by atoms with Crippen molar-refractivity contribution >= 4 is 22.8 Å². The van der Waals surface area contributed by atoms with Crippen molar-refractivity contribution in [1.82, 2.24) is 20.0 Å². The molecule has 0 aromatic carbocycles. The Bertz CT molecular complexity index is 685. The van der Waals surface area contributed by atoms with E-state index in [1.54, 1.807) is 4.68 Å². The number of rotatable bonds is 2. The number of amides is 1. The molecular weight excluding hydrogens is 254 g/mol. The van der Waals surface area contributed by atoms with Gasteiger partial charge in [-0.2, -0.15) is 10.2 Å². The zero-order valence-electron chi connectivity index (χ0n) is 11.8. The first kappa shape index (κ1) is 11.9. The summed E-state index contributed by atoms with van der Waals surface area (Å²) in [6.07, 6.45) is 4.82. The van der Waals surface area contributed by atoms with Crippen LogP contribution in [-0.4, -0.2) is 25.9 Å². The summed E-state index contributed by atoms with van der Waals surface area (Å²) < 4.78 is 1.73. The van der Waals surface area contributed by atoms with Gasteiger partial charge in [0.25, 0.3) is 0 Å². The molecular formula is C14H19N5O. The first-order valence-electron chi connectivity index (χ1n) is 7.32. The maximum atomic E-state index is 12.5. The molecule has 2 bridgehead atoms. The van der Waals surface area contributed by atoms with E-state index in [4.69, 9.17) is 0 Å². The van der Waals surface area contributed by atoms with E-state index < -0.39 is 0 Å². The summed E-state index contributed by atoms with van der Waals surface area (Å²) in [5, 5.41) is 15.5. The lowest BCUT2D eigenvalue weighted by molar-refractivity contribution is -0.121. The van der Waals surface area contributed by atoms with Gasteiger partial charge in [-0.25, -0.2) is 4.68 Å². The Morgan fingerprint density at radius 2 is 2.25 bits per heavy atom. The number of H-pyrrole nitrogens is 1. The number of aromatic amines is 1. The molecule has 2 heterocycles. The van der Waals surface area contributed by atoms with Crippen molar-refractivity contribution in [3.05, 3.63) is 5.69 Å². The predicted molar refractivity (Wildman–Crippen MR) is 75.2 cm³/mol. The van der Waals surface area contributed by atoms with E-state index in [9.17, 15) is 4.79 Å². The van der Waals surface area contributed by atoms with Crippen molar-refractivity contribution < 1.29 is 4.79 Å². The molecule has 2 fully saturated rings.